The molecule has 0 aromatic heterocycles. The van der Waals surface area contributed by atoms with Crippen molar-refractivity contribution in [2.45, 2.75) is 6.42 Å². The topological polar surface area (TPSA) is 52.6 Å². The van der Waals surface area contributed by atoms with E-state index in [9.17, 15) is 9.59 Å². The van der Waals surface area contributed by atoms with Gasteiger partial charge in [-0.25, -0.2) is 4.79 Å². The monoisotopic (exact) mass is 218 g/mol. The van der Waals surface area contributed by atoms with Gasteiger partial charge < -0.3 is 9.47 Å². The Kier molecular flexibility index (Phi) is 6.92. The Morgan fingerprint density at radius 3 is 2.43 bits per heavy atom. The van der Waals surface area contributed by atoms with E-state index >= 15 is 0 Å². The predicted octanol–water partition coefficient (Wildman–Crippen LogP) is 1.01. The molecule has 0 heterocycles. The van der Waals surface area contributed by atoms with Crippen LogP contribution in [-0.2, 0) is 19.1 Å². The van der Waals surface area contributed by atoms with Crippen molar-refractivity contribution in [1.29, 1.82) is 0 Å². The van der Waals surface area contributed by atoms with Crippen LogP contribution in [0.2, 0.25) is 0 Å². The van der Waals surface area contributed by atoms with Crippen molar-refractivity contribution in [2.24, 2.45) is 0 Å². The van der Waals surface area contributed by atoms with Crippen LogP contribution in [0.25, 0.3) is 0 Å². The Morgan fingerprint density at radius 1 is 1.29 bits per heavy atom. The van der Waals surface area contributed by atoms with Crippen LogP contribution in [0.5, 0.6) is 0 Å². The number of carbonyl (C=O) groups is 2. The molecule has 0 unspecified atom stereocenters. The summed E-state index contributed by atoms with van der Waals surface area (Å²) in [4.78, 5) is 21.6. The van der Waals surface area contributed by atoms with E-state index < -0.39 is 5.97 Å². The van der Waals surface area contributed by atoms with Crippen molar-refractivity contribution in [1.82, 2.24) is 0 Å². The second kappa shape index (κ2) is 7.44. The van der Waals surface area contributed by atoms with E-state index in [4.69, 9.17) is 0 Å². The molecule has 0 rings (SSSR count). The second-order valence-electron chi connectivity index (χ2n) is 2.47. The molecule has 0 saturated heterocycles. The minimum absolute atomic E-state index is 0.249. The van der Waals surface area contributed by atoms with Crippen LogP contribution in [0, 0.1) is 0 Å². The molecule has 14 heavy (non-hydrogen) atoms. The van der Waals surface area contributed by atoms with Crippen LogP contribution in [0.3, 0.4) is 0 Å². The highest BCUT2D eigenvalue weighted by atomic mass is 32.2. The summed E-state index contributed by atoms with van der Waals surface area (Å²) in [5, 5.41) is 0. The summed E-state index contributed by atoms with van der Waals surface area (Å²) in [7, 11) is 2.66. The Bertz CT molecular complexity index is 225. The highest BCUT2D eigenvalue weighted by molar-refractivity contribution is 7.99. The highest BCUT2D eigenvalue weighted by Gasteiger charge is 2.06. The summed E-state index contributed by atoms with van der Waals surface area (Å²) in [5.41, 5.74) is 0.405. The third-order valence-electron chi connectivity index (χ3n) is 1.43. The van der Waals surface area contributed by atoms with Gasteiger partial charge in [0, 0.05) is 17.1 Å². The molecule has 0 saturated carbocycles. The summed E-state index contributed by atoms with van der Waals surface area (Å²) in [6.45, 7) is 3.55. The highest BCUT2D eigenvalue weighted by Crippen LogP contribution is 2.09. The zero-order valence-corrected chi connectivity index (χ0v) is 9.19. The summed E-state index contributed by atoms with van der Waals surface area (Å²) in [6.07, 6.45) is 0.343. The van der Waals surface area contributed by atoms with E-state index in [1.54, 1.807) is 0 Å². The smallest absolute Gasteiger partial charge is 0.333 e. The molecule has 80 valence electrons. The van der Waals surface area contributed by atoms with Crippen molar-refractivity contribution in [2.75, 3.05) is 25.7 Å². The van der Waals surface area contributed by atoms with Gasteiger partial charge in [-0.2, -0.15) is 11.8 Å². The van der Waals surface area contributed by atoms with Gasteiger partial charge in [-0.3, -0.25) is 4.79 Å². The Labute approximate surface area is 87.6 Å². The van der Waals surface area contributed by atoms with Gasteiger partial charge in [-0.05, 0) is 0 Å². The molecule has 0 aliphatic carbocycles. The lowest BCUT2D eigenvalue weighted by Crippen LogP contribution is -2.07. The van der Waals surface area contributed by atoms with E-state index in [1.807, 2.05) is 0 Å². The first-order chi connectivity index (χ1) is 6.61. The van der Waals surface area contributed by atoms with Gasteiger partial charge in [0.15, 0.2) is 0 Å². The van der Waals surface area contributed by atoms with Crippen molar-refractivity contribution in [3.8, 4) is 0 Å². The molecule has 0 aliphatic rings. The first-order valence-corrected chi connectivity index (χ1v) is 5.18. The SMILES string of the molecule is C=C(CSCCC(=O)OC)C(=O)OC. The fourth-order valence-electron chi connectivity index (χ4n) is 0.656. The molecule has 0 atom stereocenters. The maximum absolute atomic E-state index is 10.9. The molecule has 0 spiro atoms. The van der Waals surface area contributed by atoms with Crippen LogP contribution in [-0.4, -0.2) is 37.7 Å². The molecule has 0 aliphatic heterocycles. The Balaban J connectivity index is 3.50. The first-order valence-electron chi connectivity index (χ1n) is 4.02. The summed E-state index contributed by atoms with van der Waals surface area (Å²) in [5.74, 6) is 0.434. The Morgan fingerprint density at radius 2 is 1.93 bits per heavy atom. The lowest BCUT2D eigenvalue weighted by atomic mass is 10.4. The quantitative estimate of drug-likeness (QED) is 0.378. The third kappa shape index (κ3) is 5.64. The van der Waals surface area contributed by atoms with E-state index in [0.717, 1.165) is 0 Å². The minimum Gasteiger partial charge on any atom is -0.469 e. The van der Waals surface area contributed by atoms with Gasteiger partial charge in [-0.1, -0.05) is 6.58 Å². The number of hydrogen-bond donors (Lipinski definition) is 0. The molecule has 0 radical (unpaired) electrons. The third-order valence-corrected chi connectivity index (χ3v) is 2.47. The molecule has 0 N–H and O–H groups in total. The molecule has 0 amide bonds. The van der Waals surface area contributed by atoms with Gasteiger partial charge in [-0.15, -0.1) is 0 Å². The maximum Gasteiger partial charge on any atom is 0.333 e. The molecule has 4 nitrogen and oxygen atoms in total. The molecule has 5 heteroatoms. The molecular formula is C9H14O4S. The minimum atomic E-state index is -0.407. The van der Waals surface area contributed by atoms with Crippen LogP contribution in [0.4, 0.5) is 0 Å². The van der Waals surface area contributed by atoms with Gasteiger partial charge in [0.25, 0.3) is 0 Å². The average molecular weight is 218 g/mol. The average Bonchev–Trinajstić information content (AvgIpc) is 2.22. The predicted molar refractivity (Wildman–Crippen MR) is 55.1 cm³/mol. The fourth-order valence-corrected chi connectivity index (χ4v) is 1.48. The van der Waals surface area contributed by atoms with Crippen LogP contribution < -0.4 is 0 Å². The number of thioether (sulfide) groups is 1. The van der Waals surface area contributed by atoms with Crippen LogP contribution >= 0.6 is 11.8 Å². The molecule has 0 aromatic rings. The zero-order chi connectivity index (χ0) is 11.0. The number of hydrogen-bond acceptors (Lipinski definition) is 5. The second-order valence-corrected chi connectivity index (χ2v) is 3.58. The number of rotatable bonds is 6. The van der Waals surface area contributed by atoms with Crippen molar-refractivity contribution in [3.05, 3.63) is 12.2 Å². The molecule has 0 aromatic carbocycles. The largest absolute Gasteiger partial charge is 0.469 e. The number of methoxy groups -OCH3 is 2. The number of carbonyl (C=O) groups excluding carboxylic acids is 2. The Hall–Kier alpha value is -0.970. The summed E-state index contributed by atoms with van der Waals surface area (Å²) in [6, 6.07) is 0. The number of esters is 2. The lowest BCUT2D eigenvalue weighted by Gasteiger charge is -2.02. The van der Waals surface area contributed by atoms with Gasteiger partial charge in [0.1, 0.15) is 0 Å². The van der Waals surface area contributed by atoms with Crippen LogP contribution in [0.15, 0.2) is 12.2 Å². The summed E-state index contributed by atoms with van der Waals surface area (Å²) < 4.78 is 8.93. The normalized spacial score (nSPS) is 9.29. The van der Waals surface area contributed by atoms with Crippen molar-refractivity contribution < 1.29 is 19.1 Å². The lowest BCUT2D eigenvalue weighted by molar-refractivity contribution is -0.140. The molecule has 0 fully saturated rings. The van der Waals surface area contributed by atoms with Crippen molar-refractivity contribution >= 4 is 23.7 Å². The van der Waals surface area contributed by atoms with E-state index in [1.165, 1.54) is 26.0 Å². The van der Waals surface area contributed by atoms with Gasteiger partial charge >= 0.3 is 11.9 Å². The van der Waals surface area contributed by atoms with Crippen molar-refractivity contribution in [3.63, 3.8) is 0 Å². The van der Waals surface area contributed by atoms with E-state index in [0.29, 0.717) is 23.5 Å². The van der Waals surface area contributed by atoms with E-state index in [2.05, 4.69) is 16.1 Å². The van der Waals surface area contributed by atoms with Crippen LogP contribution in [0.1, 0.15) is 6.42 Å². The van der Waals surface area contributed by atoms with Gasteiger partial charge in [0.05, 0.1) is 20.6 Å². The van der Waals surface area contributed by atoms with E-state index in [-0.39, 0.29) is 5.97 Å². The van der Waals surface area contributed by atoms with Gasteiger partial charge in [0.2, 0.25) is 0 Å². The summed E-state index contributed by atoms with van der Waals surface area (Å²) >= 11 is 1.45. The molecule has 0 bridgehead atoms. The number of ether oxygens (including phenoxy) is 2. The fraction of sp³-hybridized carbons (Fsp3) is 0.556. The maximum atomic E-state index is 10.9. The first kappa shape index (κ1) is 13.0. The molecular weight excluding hydrogens is 204 g/mol. The standard InChI is InChI=1S/C9H14O4S/c1-7(9(11)13-3)6-14-5-4-8(10)12-2/h1,4-6H2,2-3H3. The zero-order valence-electron chi connectivity index (χ0n) is 8.37.